The summed E-state index contributed by atoms with van der Waals surface area (Å²) < 4.78 is 5.28. The number of aromatic nitrogens is 1. The number of ether oxygens (including phenoxy) is 1. The number of rotatable bonds is 5. The second kappa shape index (κ2) is 6.66. The second-order valence-corrected chi connectivity index (χ2v) is 6.32. The lowest BCUT2D eigenvalue weighted by atomic mass is 10.0. The lowest BCUT2D eigenvalue weighted by Gasteiger charge is -2.31. The quantitative estimate of drug-likeness (QED) is 0.751. The molecule has 124 valence electrons. The zero-order valence-corrected chi connectivity index (χ0v) is 13.5. The first-order chi connectivity index (χ1) is 11.1. The molecule has 0 unspecified atom stereocenters. The Morgan fingerprint density at radius 1 is 1.26 bits per heavy atom. The van der Waals surface area contributed by atoms with Crippen molar-refractivity contribution in [2.45, 2.75) is 19.3 Å². The van der Waals surface area contributed by atoms with Crippen molar-refractivity contribution < 1.29 is 14.3 Å². The Morgan fingerprint density at radius 2 is 1.91 bits per heavy atom. The van der Waals surface area contributed by atoms with Crippen LogP contribution in [0.3, 0.4) is 0 Å². The van der Waals surface area contributed by atoms with Gasteiger partial charge in [0.05, 0.1) is 13.2 Å². The van der Waals surface area contributed by atoms with Crippen molar-refractivity contribution in [2.24, 2.45) is 5.41 Å². The Hall–Kier alpha value is -1.95. The van der Waals surface area contributed by atoms with E-state index in [2.05, 4.69) is 4.98 Å². The van der Waals surface area contributed by atoms with Crippen LogP contribution < -0.4 is 0 Å². The van der Waals surface area contributed by atoms with E-state index in [1.165, 1.54) is 0 Å². The Labute approximate surface area is 136 Å². The molecule has 6 nitrogen and oxygen atoms in total. The fourth-order valence-corrected chi connectivity index (χ4v) is 3.03. The molecule has 0 radical (unpaired) electrons. The van der Waals surface area contributed by atoms with Gasteiger partial charge in [0.15, 0.2) is 0 Å². The molecular weight excluding hydrogens is 294 g/mol. The van der Waals surface area contributed by atoms with Crippen molar-refractivity contribution in [3.63, 3.8) is 0 Å². The maximum atomic E-state index is 12.8. The van der Waals surface area contributed by atoms with Crippen LogP contribution in [0.4, 0.5) is 0 Å². The minimum absolute atomic E-state index is 0.0124. The molecule has 0 N–H and O–H groups in total. The van der Waals surface area contributed by atoms with Crippen molar-refractivity contribution >= 4 is 11.8 Å². The third-order valence-corrected chi connectivity index (χ3v) is 4.70. The molecule has 2 aliphatic rings. The first-order valence-electron chi connectivity index (χ1n) is 8.15. The van der Waals surface area contributed by atoms with Gasteiger partial charge in [0, 0.05) is 39.1 Å². The molecule has 2 amide bonds. The second-order valence-electron chi connectivity index (χ2n) is 6.32. The van der Waals surface area contributed by atoms with E-state index in [1.54, 1.807) is 29.2 Å². The summed E-state index contributed by atoms with van der Waals surface area (Å²) in [6.07, 6.45) is 5.61. The van der Waals surface area contributed by atoms with Crippen LogP contribution in [0.25, 0.3) is 0 Å². The number of likely N-dealkylation sites (N-methyl/N-ethyl adjacent to an activating group) is 1. The molecular formula is C17H23N3O3. The van der Waals surface area contributed by atoms with E-state index in [0.29, 0.717) is 45.7 Å². The van der Waals surface area contributed by atoms with Crippen LogP contribution in [0.2, 0.25) is 0 Å². The Bertz CT molecular complexity index is 566. The van der Waals surface area contributed by atoms with Gasteiger partial charge in [-0.25, -0.2) is 0 Å². The molecule has 0 spiro atoms. The Kier molecular flexibility index (Phi) is 4.61. The summed E-state index contributed by atoms with van der Waals surface area (Å²) in [7, 11) is 1.79. The van der Waals surface area contributed by atoms with Crippen LogP contribution in [0, 0.1) is 5.41 Å². The number of hydrogen-bond donors (Lipinski definition) is 0. The molecule has 3 rings (SSSR count). The molecule has 23 heavy (non-hydrogen) atoms. The normalized spacial score (nSPS) is 19.3. The lowest BCUT2D eigenvalue weighted by molar-refractivity contribution is -0.151. The van der Waals surface area contributed by atoms with E-state index in [-0.39, 0.29) is 11.8 Å². The first-order valence-corrected chi connectivity index (χ1v) is 8.15. The highest BCUT2D eigenvalue weighted by Crippen LogP contribution is 2.48. The fourth-order valence-electron chi connectivity index (χ4n) is 3.03. The Morgan fingerprint density at radius 3 is 2.52 bits per heavy atom. The van der Waals surface area contributed by atoms with Crippen LogP contribution >= 0.6 is 0 Å². The van der Waals surface area contributed by atoms with Crippen LogP contribution in [0.15, 0.2) is 24.5 Å². The molecule has 2 fully saturated rings. The van der Waals surface area contributed by atoms with Gasteiger partial charge in [-0.05, 0) is 37.0 Å². The fraction of sp³-hybridized carbons (Fsp3) is 0.588. The Balaban J connectivity index is 1.58. The summed E-state index contributed by atoms with van der Waals surface area (Å²) in [5.41, 5.74) is 0.341. The third kappa shape index (κ3) is 3.37. The van der Waals surface area contributed by atoms with Crippen molar-refractivity contribution in [1.29, 1.82) is 0 Å². The van der Waals surface area contributed by atoms with E-state index < -0.39 is 5.41 Å². The van der Waals surface area contributed by atoms with Crippen molar-refractivity contribution in [1.82, 2.24) is 14.8 Å². The van der Waals surface area contributed by atoms with E-state index in [4.69, 9.17) is 4.74 Å². The highest BCUT2D eigenvalue weighted by atomic mass is 16.5. The number of pyridine rings is 1. The van der Waals surface area contributed by atoms with Gasteiger partial charge < -0.3 is 14.5 Å². The average Bonchev–Trinajstić information content (AvgIpc) is 3.42. The molecule has 1 aromatic heterocycles. The van der Waals surface area contributed by atoms with Crippen molar-refractivity contribution in [2.75, 3.05) is 39.9 Å². The summed E-state index contributed by atoms with van der Waals surface area (Å²) in [5, 5.41) is 0. The molecule has 1 saturated carbocycles. The summed E-state index contributed by atoms with van der Waals surface area (Å²) in [5.74, 6) is -0.0513. The third-order valence-electron chi connectivity index (χ3n) is 4.70. The van der Waals surface area contributed by atoms with Crippen LogP contribution in [-0.4, -0.2) is 66.5 Å². The summed E-state index contributed by atoms with van der Waals surface area (Å²) in [6, 6.07) is 3.90. The van der Waals surface area contributed by atoms with Gasteiger partial charge in [0.25, 0.3) is 0 Å². The average molecular weight is 317 g/mol. The molecule has 1 aliphatic carbocycles. The van der Waals surface area contributed by atoms with Gasteiger partial charge in [0.2, 0.25) is 11.8 Å². The van der Waals surface area contributed by atoms with Crippen LogP contribution in [0.1, 0.15) is 18.4 Å². The molecule has 0 aromatic carbocycles. The number of amides is 2. The monoisotopic (exact) mass is 317 g/mol. The van der Waals surface area contributed by atoms with Gasteiger partial charge in [0.1, 0.15) is 5.41 Å². The van der Waals surface area contributed by atoms with Gasteiger partial charge >= 0.3 is 0 Å². The summed E-state index contributed by atoms with van der Waals surface area (Å²) in [6.45, 7) is 2.92. The molecule has 2 heterocycles. The van der Waals surface area contributed by atoms with Crippen molar-refractivity contribution in [3.05, 3.63) is 30.1 Å². The minimum Gasteiger partial charge on any atom is -0.378 e. The van der Waals surface area contributed by atoms with Crippen molar-refractivity contribution in [3.8, 4) is 0 Å². The number of hydrogen-bond acceptors (Lipinski definition) is 4. The predicted octanol–water partition coefficient (Wildman–Crippen LogP) is 0.721. The predicted molar refractivity (Wildman–Crippen MR) is 84.6 cm³/mol. The molecule has 0 atom stereocenters. The molecule has 6 heteroatoms. The van der Waals surface area contributed by atoms with Gasteiger partial charge in [-0.1, -0.05) is 0 Å². The van der Waals surface area contributed by atoms with E-state index in [0.717, 1.165) is 12.0 Å². The number of carbonyl (C=O) groups excluding carboxylic acids is 2. The highest BCUT2D eigenvalue weighted by molar-refractivity contribution is 6.07. The molecule has 1 saturated heterocycles. The van der Waals surface area contributed by atoms with E-state index >= 15 is 0 Å². The maximum absolute atomic E-state index is 12.8. The lowest BCUT2D eigenvalue weighted by Crippen LogP contribution is -2.49. The zero-order valence-electron chi connectivity index (χ0n) is 13.5. The minimum atomic E-state index is -0.801. The van der Waals surface area contributed by atoms with Crippen LogP contribution in [0.5, 0.6) is 0 Å². The summed E-state index contributed by atoms with van der Waals surface area (Å²) in [4.78, 5) is 33.0. The topological polar surface area (TPSA) is 62.7 Å². The molecule has 1 aromatic rings. The smallest absolute Gasteiger partial charge is 0.238 e. The standard InChI is InChI=1S/C17H23N3O3/c1-19(9-4-14-2-7-18-8-3-14)15(21)17(5-6-17)16(22)20-10-12-23-13-11-20/h2-3,7-8H,4-6,9-13H2,1H3. The molecule has 0 bridgehead atoms. The number of carbonyl (C=O) groups is 2. The zero-order chi connectivity index (χ0) is 16.3. The maximum Gasteiger partial charge on any atom is 0.238 e. The number of nitrogens with zero attached hydrogens (tertiary/aromatic N) is 3. The molecule has 1 aliphatic heterocycles. The van der Waals surface area contributed by atoms with Gasteiger partial charge in [-0.2, -0.15) is 0 Å². The number of morpholine rings is 1. The van der Waals surface area contributed by atoms with Crippen LogP contribution in [-0.2, 0) is 20.7 Å². The first kappa shape index (κ1) is 15.9. The van der Waals surface area contributed by atoms with Gasteiger partial charge in [-0.15, -0.1) is 0 Å². The summed E-state index contributed by atoms with van der Waals surface area (Å²) >= 11 is 0. The van der Waals surface area contributed by atoms with Gasteiger partial charge in [-0.3, -0.25) is 14.6 Å². The van der Waals surface area contributed by atoms with E-state index in [9.17, 15) is 9.59 Å². The van der Waals surface area contributed by atoms with E-state index in [1.807, 2.05) is 12.1 Å². The SMILES string of the molecule is CN(CCc1ccncc1)C(=O)C1(C(=O)N2CCOCC2)CC1. The largest absolute Gasteiger partial charge is 0.378 e. The highest BCUT2D eigenvalue weighted by Gasteiger charge is 2.58.